The molecule has 2 aliphatic carbocycles. The van der Waals surface area contributed by atoms with E-state index in [1.54, 1.807) is 4.90 Å². The first kappa shape index (κ1) is 26.3. The van der Waals surface area contributed by atoms with Gasteiger partial charge in [-0.2, -0.15) is 0 Å². The first-order valence-electron chi connectivity index (χ1n) is 14.7. The third-order valence-corrected chi connectivity index (χ3v) is 9.09. The average molecular weight is 488 g/mol. The Labute approximate surface area is 212 Å². The molecule has 1 unspecified atom stereocenters. The van der Waals surface area contributed by atoms with E-state index in [2.05, 4.69) is 12.2 Å². The molecule has 7 nitrogen and oxygen atoms in total. The predicted molar refractivity (Wildman–Crippen MR) is 141 cm³/mol. The second-order valence-electron chi connectivity index (χ2n) is 11.8. The second kappa shape index (κ2) is 12.4. The number of unbranched alkanes of at least 4 members (excludes halogenated alkanes) is 1. The van der Waals surface area contributed by atoms with Crippen molar-refractivity contribution in [3.63, 3.8) is 0 Å². The van der Waals surface area contributed by atoms with Crippen molar-refractivity contribution in [1.29, 1.82) is 0 Å². The van der Waals surface area contributed by atoms with Gasteiger partial charge in [0.25, 0.3) is 5.91 Å². The number of hydrogen-bond donors (Lipinski definition) is 2. The van der Waals surface area contributed by atoms with Crippen LogP contribution in [0.5, 0.6) is 0 Å². The van der Waals surface area contributed by atoms with Crippen LogP contribution < -0.4 is 11.1 Å². The zero-order chi connectivity index (χ0) is 24.7. The van der Waals surface area contributed by atoms with E-state index in [0.717, 1.165) is 58.2 Å². The largest absolute Gasteiger partial charge is 0.369 e. The molecule has 1 atom stereocenters. The molecule has 0 aromatic heterocycles. The van der Waals surface area contributed by atoms with Crippen LogP contribution in [0.2, 0.25) is 0 Å². The molecule has 0 aromatic carbocycles. The van der Waals surface area contributed by atoms with Gasteiger partial charge >= 0.3 is 6.03 Å². The summed E-state index contributed by atoms with van der Waals surface area (Å²) in [7, 11) is 0. The molecule has 35 heavy (non-hydrogen) atoms. The lowest BCUT2D eigenvalue weighted by Gasteiger charge is -2.35. The molecular formula is C28H49N5O2. The normalized spacial score (nSPS) is 25.8. The Balaban J connectivity index is 1.35. The molecule has 3 N–H and O–H groups in total. The van der Waals surface area contributed by atoms with Crippen LogP contribution >= 0.6 is 0 Å². The van der Waals surface area contributed by atoms with Gasteiger partial charge in [0.1, 0.15) is 5.54 Å². The van der Waals surface area contributed by atoms with Crippen LogP contribution in [0.25, 0.3) is 0 Å². The number of likely N-dealkylation sites (tertiary alicyclic amines) is 1. The van der Waals surface area contributed by atoms with E-state index in [0.29, 0.717) is 30.3 Å². The fraction of sp³-hybridized carbons (Fsp3) is 0.893. The van der Waals surface area contributed by atoms with Gasteiger partial charge < -0.3 is 16.0 Å². The number of guanidine groups is 1. The SMILES string of the molecule is CCCCNC(=O)N1CCC(CCN2C(=O)C(CC3CCCCC3)(CC3CCCCC3)N=C2N)C1. The third kappa shape index (κ3) is 6.71. The van der Waals surface area contributed by atoms with Crippen LogP contribution in [0.1, 0.15) is 110 Å². The van der Waals surface area contributed by atoms with Crippen LogP contribution in [0.15, 0.2) is 4.99 Å². The van der Waals surface area contributed by atoms with Gasteiger partial charge in [-0.25, -0.2) is 9.79 Å². The first-order chi connectivity index (χ1) is 17.0. The van der Waals surface area contributed by atoms with E-state index in [9.17, 15) is 9.59 Å². The maximum absolute atomic E-state index is 14.0. The number of urea groups is 1. The highest BCUT2D eigenvalue weighted by molar-refractivity contribution is 6.06. The fourth-order valence-corrected chi connectivity index (χ4v) is 7.03. The molecule has 7 heteroatoms. The zero-order valence-electron chi connectivity index (χ0n) is 22.1. The molecule has 4 aliphatic rings. The highest BCUT2D eigenvalue weighted by Gasteiger charge is 2.49. The summed E-state index contributed by atoms with van der Waals surface area (Å²) >= 11 is 0. The highest BCUT2D eigenvalue weighted by Crippen LogP contribution is 2.42. The van der Waals surface area contributed by atoms with Crippen molar-refractivity contribution in [2.45, 2.75) is 115 Å². The molecule has 3 fully saturated rings. The summed E-state index contributed by atoms with van der Waals surface area (Å²) in [4.78, 5) is 35.1. The summed E-state index contributed by atoms with van der Waals surface area (Å²) in [6.07, 6.45) is 18.4. The van der Waals surface area contributed by atoms with Gasteiger partial charge in [-0.05, 0) is 49.9 Å². The van der Waals surface area contributed by atoms with E-state index in [4.69, 9.17) is 10.7 Å². The van der Waals surface area contributed by atoms with Gasteiger partial charge in [0.05, 0.1) is 0 Å². The number of rotatable bonds is 10. The number of nitrogens with one attached hydrogen (secondary N) is 1. The van der Waals surface area contributed by atoms with Crippen molar-refractivity contribution in [3.8, 4) is 0 Å². The first-order valence-corrected chi connectivity index (χ1v) is 14.7. The molecule has 2 heterocycles. The number of carbonyl (C=O) groups excluding carboxylic acids is 2. The quantitative estimate of drug-likeness (QED) is 0.423. The molecule has 0 spiro atoms. The number of hydrogen-bond acceptors (Lipinski definition) is 4. The van der Waals surface area contributed by atoms with Crippen LogP contribution in [0.4, 0.5) is 4.79 Å². The summed E-state index contributed by atoms with van der Waals surface area (Å²) in [6, 6.07) is 0.0539. The van der Waals surface area contributed by atoms with Crippen molar-refractivity contribution in [2.24, 2.45) is 28.5 Å². The van der Waals surface area contributed by atoms with E-state index in [-0.39, 0.29) is 11.9 Å². The minimum absolute atomic E-state index is 0.0539. The summed E-state index contributed by atoms with van der Waals surface area (Å²) in [5, 5.41) is 3.03. The third-order valence-electron chi connectivity index (χ3n) is 9.09. The fourth-order valence-electron chi connectivity index (χ4n) is 7.03. The molecule has 3 amide bonds. The molecular weight excluding hydrogens is 438 g/mol. The lowest BCUT2D eigenvalue weighted by atomic mass is 9.73. The minimum Gasteiger partial charge on any atom is -0.369 e. The molecule has 2 saturated carbocycles. The van der Waals surface area contributed by atoms with Crippen molar-refractivity contribution in [2.75, 3.05) is 26.2 Å². The van der Waals surface area contributed by atoms with Gasteiger partial charge in [-0.3, -0.25) is 9.69 Å². The van der Waals surface area contributed by atoms with Crippen LogP contribution in [-0.2, 0) is 4.79 Å². The summed E-state index contributed by atoms with van der Waals surface area (Å²) in [5.74, 6) is 2.22. The number of nitrogens with zero attached hydrogens (tertiary/aromatic N) is 3. The Morgan fingerprint density at radius 1 is 1.00 bits per heavy atom. The maximum Gasteiger partial charge on any atom is 0.317 e. The van der Waals surface area contributed by atoms with E-state index < -0.39 is 5.54 Å². The van der Waals surface area contributed by atoms with Crippen LogP contribution in [0, 0.1) is 17.8 Å². The molecule has 198 valence electrons. The van der Waals surface area contributed by atoms with Gasteiger partial charge in [0.2, 0.25) is 0 Å². The number of aliphatic imine (C=N–C) groups is 1. The van der Waals surface area contributed by atoms with E-state index in [1.807, 2.05) is 4.90 Å². The molecule has 0 aromatic rings. The molecule has 4 rings (SSSR count). The lowest BCUT2D eigenvalue weighted by Crippen LogP contribution is -2.47. The Morgan fingerprint density at radius 3 is 2.23 bits per heavy atom. The summed E-state index contributed by atoms with van der Waals surface area (Å²) in [5.41, 5.74) is 5.83. The Hall–Kier alpha value is -1.79. The predicted octanol–water partition coefficient (Wildman–Crippen LogP) is 5.04. The van der Waals surface area contributed by atoms with Crippen molar-refractivity contribution in [1.82, 2.24) is 15.1 Å². The Bertz CT molecular complexity index is 722. The highest BCUT2D eigenvalue weighted by atomic mass is 16.2. The summed E-state index contributed by atoms with van der Waals surface area (Å²) < 4.78 is 0. The lowest BCUT2D eigenvalue weighted by molar-refractivity contribution is -0.133. The minimum atomic E-state index is -0.630. The Kier molecular flexibility index (Phi) is 9.34. The van der Waals surface area contributed by atoms with Gasteiger partial charge in [-0.15, -0.1) is 0 Å². The van der Waals surface area contributed by atoms with E-state index in [1.165, 1.54) is 64.2 Å². The molecule has 1 saturated heterocycles. The molecule has 2 aliphatic heterocycles. The monoisotopic (exact) mass is 487 g/mol. The maximum atomic E-state index is 14.0. The Morgan fingerprint density at radius 2 is 1.63 bits per heavy atom. The smallest absolute Gasteiger partial charge is 0.317 e. The van der Waals surface area contributed by atoms with Crippen molar-refractivity contribution in [3.05, 3.63) is 0 Å². The zero-order valence-corrected chi connectivity index (χ0v) is 22.1. The van der Waals surface area contributed by atoms with E-state index >= 15 is 0 Å². The van der Waals surface area contributed by atoms with Gasteiger partial charge in [0, 0.05) is 26.2 Å². The molecule has 0 radical (unpaired) electrons. The molecule has 0 bridgehead atoms. The van der Waals surface area contributed by atoms with Gasteiger partial charge in [-0.1, -0.05) is 77.6 Å². The topological polar surface area (TPSA) is 91.0 Å². The van der Waals surface area contributed by atoms with Crippen LogP contribution in [0.3, 0.4) is 0 Å². The number of amides is 3. The van der Waals surface area contributed by atoms with Crippen molar-refractivity contribution >= 4 is 17.9 Å². The van der Waals surface area contributed by atoms with Gasteiger partial charge in [0.15, 0.2) is 5.96 Å². The average Bonchev–Trinajstić information content (AvgIpc) is 3.42. The van der Waals surface area contributed by atoms with Crippen LogP contribution in [-0.4, -0.2) is 59.4 Å². The summed E-state index contributed by atoms with van der Waals surface area (Å²) in [6.45, 7) is 5.07. The number of carbonyl (C=O) groups is 2. The standard InChI is InChI=1S/C28H49N5O2/c1-2-3-16-30-27(35)32-17-14-24(21-32)15-18-33-25(34)28(31-26(33)29,19-22-10-6-4-7-11-22)20-23-12-8-5-9-13-23/h22-24H,2-21H2,1H3,(H2,29,31)(H,30,35). The van der Waals surface area contributed by atoms with Crippen molar-refractivity contribution < 1.29 is 9.59 Å². The second-order valence-corrected chi connectivity index (χ2v) is 11.8. The number of nitrogens with two attached hydrogens (primary N) is 1.